The molecular formula is C19H20N2O4. The predicted molar refractivity (Wildman–Crippen MR) is 95.0 cm³/mol. The molecule has 0 fully saturated rings. The summed E-state index contributed by atoms with van der Waals surface area (Å²) < 4.78 is 10.1. The summed E-state index contributed by atoms with van der Waals surface area (Å²) in [5.74, 6) is 0.740. The lowest BCUT2D eigenvalue weighted by atomic mass is 10.1. The Hall–Kier alpha value is -3.28. The van der Waals surface area contributed by atoms with Gasteiger partial charge in [0.25, 0.3) is 5.91 Å². The van der Waals surface area contributed by atoms with Crippen LogP contribution in [0, 0.1) is 0 Å². The van der Waals surface area contributed by atoms with Gasteiger partial charge in [0, 0.05) is 6.08 Å². The molecule has 2 amide bonds. The van der Waals surface area contributed by atoms with Crippen LogP contribution < -0.4 is 20.3 Å². The summed E-state index contributed by atoms with van der Waals surface area (Å²) in [6.07, 6.45) is 3.15. The molecule has 0 aliphatic rings. The van der Waals surface area contributed by atoms with Crippen molar-refractivity contribution in [2.24, 2.45) is 0 Å². The first-order chi connectivity index (χ1) is 12.1. The fourth-order valence-electron chi connectivity index (χ4n) is 2.03. The fourth-order valence-corrected chi connectivity index (χ4v) is 2.03. The molecular weight excluding hydrogens is 320 g/mol. The monoisotopic (exact) mass is 340 g/mol. The van der Waals surface area contributed by atoms with Gasteiger partial charge in [0.1, 0.15) is 11.5 Å². The highest BCUT2D eigenvalue weighted by atomic mass is 16.5. The molecule has 2 N–H and O–H groups in total. The Morgan fingerprint density at radius 3 is 2.00 bits per heavy atom. The van der Waals surface area contributed by atoms with Crippen LogP contribution in [0.2, 0.25) is 0 Å². The molecule has 6 nitrogen and oxygen atoms in total. The van der Waals surface area contributed by atoms with Gasteiger partial charge < -0.3 is 9.47 Å². The summed E-state index contributed by atoms with van der Waals surface area (Å²) in [5.41, 5.74) is 6.38. The Morgan fingerprint density at radius 1 is 0.880 bits per heavy atom. The Labute approximate surface area is 146 Å². The molecule has 0 aromatic heterocycles. The number of nitrogens with one attached hydrogen (secondary N) is 2. The molecule has 2 aromatic rings. The molecule has 0 aliphatic carbocycles. The van der Waals surface area contributed by atoms with Gasteiger partial charge in [-0.25, -0.2) is 0 Å². The Kier molecular flexibility index (Phi) is 6.59. The van der Waals surface area contributed by atoms with Crippen molar-refractivity contribution in [1.29, 1.82) is 0 Å². The highest BCUT2D eigenvalue weighted by Crippen LogP contribution is 2.12. The number of carbonyl (C=O) groups excluding carboxylic acids is 2. The van der Waals surface area contributed by atoms with Crippen molar-refractivity contribution in [2.75, 3.05) is 14.2 Å². The van der Waals surface area contributed by atoms with Gasteiger partial charge >= 0.3 is 0 Å². The zero-order chi connectivity index (χ0) is 18.1. The topological polar surface area (TPSA) is 76.7 Å². The number of benzene rings is 2. The summed E-state index contributed by atoms with van der Waals surface area (Å²) in [7, 11) is 3.17. The lowest BCUT2D eigenvalue weighted by Crippen LogP contribution is -2.41. The average molecular weight is 340 g/mol. The number of hydrogen-bond acceptors (Lipinski definition) is 4. The second-order valence-electron chi connectivity index (χ2n) is 5.17. The minimum atomic E-state index is -0.418. The normalized spacial score (nSPS) is 10.3. The van der Waals surface area contributed by atoms with Crippen LogP contribution in [0.5, 0.6) is 11.5 Å². The van der Waals surface area contributed by atoms with E-state index in [4.69, 9.17) is 9.47 Å². The third-order valence-corrected chi connectivity index (χ3v) is 3.39. The number of carbonyl (C=O) groups is 2. The van der Waals surface area contributed by atoms with Crippen molar-refractivity contribution in [2.45, 2.75) is 6.42 Å². The van der Waals surface area contributed by atoms with Gasteiger partial charge in [-0.15, -0.1) is 0 Å². The second-order valence-corrected chi connectivity index (χ2v) is 5.17. The highest BCUT2D eigenvalue weighted by Gasteiger charge is 2.04. The van der Waals surface area contributed by atoms with E-state index < -0.39 is 5.91 Å². The number of rotatable bonds is 6. The van der Waals surface area contributed by atoms with Gasteiger partial charge in [-0.05, 0) is 41.5 Å². The summed E-state index contributed by atoms with van der Waals surface area (Å²) >= 11 is 0. The van der Waals surface area contributed by atoms with Gasteiger partial charge in [-0.1, -0.05) is 24.3 Å². The van der Waals surface area contributed by atoms with E-state index in [1.165, 1.54) is 6.08 Å². The number of methoxy groups -OCH3 is 2. The third kappa shape index (κ3) is 6.02. The molecule has 6 heteroatoms. The standard InChI is InChI=1S/C19H20N2O4/c1-24-16-8-3-14(4-9-16)7-12-18(22)20-21-19(23)13-15-5-10-17(25-2)11-6-15/h3-12H,13H2,1-2H3,(H,20,22)(H,21,23). The summed E-state index contributed by atoms with van der Waals surface area (Å²) in [6.45, 7) is 0. The number of hydrazine groups is 1. The molecule has 0 bridgehead atoms. The zero-order valence-electron chi connectivity index (χ0n) is 14.1. The van der Waals surface area contributed by atoms with Crippen LogP contribution in [-0.2, 0) is 16.0 Å². The molecule has 0 atom stereocenters. The molecule has 0 spiro atoms. The van der Waals surface area contributed by atoms with E-state index in [0.29, 0.717) is 0 Å². The molecule has 0 radical (unpaired) electrons. The average Bonchev–Trinajstić information content (AvgIpc) is 2.65. The Morgan fingerprint density at radius 2 is 1.44 bits per heavy atom. The van der Waals surface area contributed by atoms with E-state index in [-0.39, 0.29) is 12.3 Å². The minimum Gasteiger partial charge on any atom is -0.497 e. The van der Waals surface area contributed by atoms with Gasteiger partial charge in [-0.2, -0.15) is 0 Å². The van der Waals surface area contributed by atoms with Crippen LogP contribution >= 0.6 is 0 Å². The van der Waals surface area contributed by atoms with Crippen molar-refractivity contribution in [3.8, 4) is 11.5 Å². The first kappa shape index (κ1) is 18.1. The lowest BCUT2D eigenvalue weighted by molar-refractivity contribution is -0.126. The highest BCUT2D eigenvalue weighted by molar-refractivity contribution is 5.93. The third-order valence-electron chi connectivity index (χ3n) is 3.39. The second kappa shape index (κ2) is 9.12. The van der Waals surface area contributed by atoms with E-state index >= 15 is 0 Å². The van der Waals surface area contributed by atoms with E-state index in [9.17, 15) is 9.59 Å². The first-order valence-corrected chi connectivity index (χ1v) is 7.64. The van der Waals surface area contributed by atoms with Gasteiger partial charge in [0.15, 0.2) is 0 Å². The number of hydrogen-bond donors (Lipinski definition) is 2. The molecule has 0 aliphatic heterocycles. The Bertz CT molecular complexity index is 737. The van der Waals surface area contributed by atoms with Gasteiger partial charge in [0.05, 0.1) is 20.6 Å². The maximum Gasteiger partial charge on any atom is 0.262 e. The molecule has 130 valence electrons. The van der Waals surface area contributed by atoms with E-state index in [2.05, 4.69) is 10.9 Å². The predicted octanol–water partition coefficient (Wildman–Crippen LogP) is 2.11. The lowest BCUT2D eigenvalue weighted by Gasteiger charge is -2.06. The van der Waals surface area contributed by atoms with Crippen LogP contribution in [0.3, 0.4) is 0 Å². The van der Waals surface area contributed by atoms with Crippen molar-refractivity contribution in [1.82, 2.24) is 10.9 Å². The number of amides is 2. The summed E-state index contributed by atoms with van der Waals surface area (Å²) in [5, 5.41) is 0. The zero-order valence-corrected chi connectivity index (χ0v) is 14.1. The van der Waals surface area contributed by atoms with Crippen molar-refractivity contribution in [3.05, 3.63) is 65.7 Å². The van der Waals surface area contributed by atoms with Crippen molar-refractivity contribution < 1.29 is 19.1 Å². The molecule has 0 heterocycles. The van der Waals surface area contributed by atoms with E-state index in [0.717, 1.165) is 22.6 Å². The molecule has 2 aromatic carbocycles. The van der Waals surface area contributed by atoms with Crippen LogP contribution in [0.1, 0.15) is 11.1 Å². The van der Waals surface area contributed by atoms with Gasteiger partial charge in [-0.3, -0.25) is 20.4 Å². The molecule has 25 heavy (non-hydrogen) atoms. The first-order valence-electron chi connectivity index (χ1n) is 7.64. The molecule has 0 saturated carbocycles. The van der Waals surface area contributed by atoms with Crippen LogP contribution in [0.25, 0.3) is 6.08 Å². The van der Waals surface area contributed by atoms with Gasteiger partial charge in [0.2, 0.25) is 5.91 Å². The van der Waals surface area contributed by atoms with Crippen LogP contribution in [0.15, 0.2) is 54.6 Å². The molecule has 0 unspecified atom stereocenters. The number of ether oxygens (including phenoxy) is 2. The van der Waals surface area contributed by atoms with E-state index in [1.807, 2.05) is 12.1 Å². The Balaban J connectivity index is 1.77. The summed E-state index contributed by atoms with van der Waals surface area (Å²) in [4.78, 5) is 23.5. The van der Waals surface area contributed by atoms with Crippen molar-refractivity contribution in [3.63, 3.8) is 0 Å². The van der Waals surface area contributed by atoms with Crippen LogP contribution in [0.4, 0.5) is 0 Å². The minimum absolute atomic E-state index is 0.159. The molecule has 0 saturated heterocycles. The maximum atomic E-state index is 11.8. The van der Waals surface area contributed by atoms with E-state index in [1.54, 1.807) is 56.7 Å². The summed E-state index contributed by atoms with van der Waals surface area (Å²) in [6, 6.07) is 14.4. The maximum absolute atomic E-state index is 11.8. The fraction of sp³-hybridized carbons (Fsp3) is 0.158. The largest absolute Gasteiger partial charge is 0.497 e. The quantitative estimate of drug-likeness (QED) is 0.624. The SMILES string of the molecule is COc1ccc(C=CC(=O)NNC(=O)Cc2ccc(OC)cc2)cc1. The van der Waals surface area contributed by atoms with Crippen LogP contribution in [-0.4, -0.2) is 26.0 Å². The molecule has 2 rings (SSSR count). The van der Waals surface area contributed by atoms with Crippen molar-refractivity contribution >= 4 is 17.9 Å². The smallest absolute Gasteiger partial charge is 0.262 e.